The first-order valence-corrected chi connectivity index (χ1v) is 4.97. The summed E-state index contributed by atoms with van der Waals surface area (Å²) in [5.74, 6) is 0. The van der Waals surface area contributed by atoms with Crippen molar-refractivity contribution in [3.8, 4) is 6.07 Å². The lowest BCUT2D eigenvalue weighted by molar-refractivity contribution is 0.196. The molecule has 4 nitrogen and oxygen atoms in total. The molecule has 4 heteroatoms. The Labute approximate surface area is 89.8 Å². The molecule has 1 aromatic rings. The smallest absolute Gasteiger partial charge is 0.101 e. The zero-order valence-corrected chi connectivity index (χ0v) is 8.85. The van der Waals surface area contributed by atoms with Gasteiger partial charge >= 0.3 is 0 Å². The van der Waals surface area contributed by atoms with Crippen LogP contribution in [0.3, 0.4) is 0 Å². The number of pyridine rings is 1. The summed E-state index contributed by atoms with van der Waals surface area (Å²) in [5.41, 5.74) is 1.58. The summed E-state index contributed by atoms with van der Waals surface area (Å²) in [6, 6.07) is 3.89. The second kappa shape index (κ2) is 6.12. The van der Waals surface area contributed by atoms with E-state index in [1.165, 1.54) is 0 Å². The highest BCUT2D eigenvalue weighted by Crippen LogP contribution is 2.05. The van der Waals surface area contributed by atoms with Gasteiger partial charge in [0, 0.05) is 25.5 Å². The number of aromatic nitrogens is 1. The van der Waals surface area contributed by atoms with E-state index < -0.39 is 0 Å². The third-order valence-electron chi connectivity index (χ3n) is 2.19. The molecular formula is C11H15N3O. The van der Waals surface area contributed by atoms with E-state index in [1.54, 1.807) is 12.4 Å². The fraction of sp³-hybridized carbons (Fsp3) is 0.455. The molecular weight excluding hydrogens is 190 g/mol. The Morgan fingerprint density at radius 3 is 2.93 bits per heavy atom. The van der Waals surface area contributed by atoms with Crippen molar-refractivity contribution in [1.29, 1.82) is 5.26 Å². The highest BCUT2D eigenvalue weighted by Gasteiger charge is 2.03. The SMILES string of the molecule is CCN(CCO)Cc1cncc(C#N)c1. The maximum atomic E-state index is 8.84. The minimum atomic E-state index is 0.152. The van der Waals surface area contributed by atoms with Gasteiger partial charge in [-0.25, -0.2) is 0 Å². The molecule has 0 saturated heterocycles. The number of rotatable bonds is 5. The molecule has 0 radical (unpaired) electrons. The normalized spacial score (nSPS) is 10.3. The zero-order chi connectivity index (χ0) is 11.1. The minimum Gasteiger partial charge on any atom is -0.395 e. The van der Waals surface area contributed by atoms with E-state index >= 15 is 0 Å². The molecule has 0 amide bonds. The Morgan fingerprint density at radius 1 is 1.53 bits per heavy atom. The molecule has 0 saturated carbocycles. The average Bonchev–Trinajstić information content (AvgIpc) is 2.29. The van der Waals surface area contributed by atoms with Gasteiger partial charge in [-0.2, -0.15) is 5.26 Å². The topological polar surface area (TPSA) is 60.1 Å². The maximum Gasteiger partial charge on any atom is 0.101 e. The summed E-state index contributed by atoms with van der Waals surface area (Å²) in [4.78, 5) is 6.09. The van der Waals surface area contributed by atoms with Crippen LogP contribution in [0.2, 0.25) is 0 Å². The van der Waals surface area contributed by atoms with Gasteiger partial charge in [0.15, 0.2) is 0 Å². The molecule has 1 heterocycles. The summed E-state index contributed by atoms with van der Waals surface area (Å²) in [7, 11) is 0. The number of aliphatic hydroxyl groups is 1. The number of nitriles is 1. The summed E-state index contributed by atoms with van der Waals surface area (Å²) in [6.45, 7) is 4.43. The highest BCUT2D eigenvalue weighted by atomic mass is 16.3. The van der Waals surface area contributed by atoms with Crippen molar-refractivity contribution in [2.24, 2.45) is 0 Å². The first-order valence-electron chi connectivity index (χ1n) is 4.97. The van der Waals surface area contributed by atoms with Crippen molar-refractivity contribution in [2.75, 3.05) is 19.7 Å². The van der Waals surface area contributed by atoms with Gasteiger partial charge in [-0.3, -0.25) is 9.88 Å². The quantitative estimate of drug-likeness (QED) is 0.771. The Morgan fingerprint density at radius 2 is 2.33 bits per heavy atom. The van der Waals surface area contributed by atoms with Gasteiger partial charge in [-0.05, 0) is 18.2 Å². The van der Waals surface area contributed by atoms with Crippen LogP contribution in [0.1, 0.15) is 18.1 Å². The zero-order valence-electron chi connectivity index (χ0n) is 8.85. The monoisotopic (exact) mass is 205 g/mol. The summed E-state index contributed by atoms with van der Waals surface area (Å²) in [6.07, 6.45) is 3.30. The van der Waals surface area contributed by atoms with Crippen molar-refractivity contribution >= 4 is 0 Å². The van der Waals surface area contributed by atoms with Crippen LogP contribution in [0.25, 0.3) is 0 Å². The van der Waals surface area contributed by atoms with Gasteiger partial charge < -0.3 is 5.11 Å². The van der Waals surface area contributed by atoms with E-state index in [2.05, 4.69) is 16.0 Å². The van der Waals surface area contributed by atoms with E-state index in [-0.39, 0.29) is 6.61 Å². The molecule has 1 rings (SSSR count). The number of likely N-dealkylation sites (N-methyl/N-ethyl adjacent to an activating group) is 1. The van der Waals surface area contributed by atoms with E-state index in [0.29, 0.717) is 12.1 Å². The number of nitrogens with zero attached hydrogens (tertiary/aromatic N) is 3. The second-order valence-electron chi connectivity index (χ2n) is 3.29. The minimum absolute atomic E-state index is 0.152. The van der Waals surface area contributed by atoms with Crippen LogP contribution in [0, 0.1) is 11.3 Å². The molecule has 0 aliphatic heterocycles. The Hall–Kier alpha value is -1.44. The standard InChI is InChI=1S/C11H15N3O/c1-2-14(3-4-15)9-11-5-10(6-12)7-13-8-11/h5,7-8,15H,2-4,9H2,1H3. The average molecular weight is 205 g/mol. The van der Waals surface area contributed by atoms with Gasteiger partial charge in [0.1, 0.15) is 6.07 Å². The maximum absolute atomic E-state index is 8.84. The second-order valence-corrected chi connectivity index (χ2v) is 3.29. The number of aliphatic hydroxyl groups excluding tert-OH is 1. The largest absolute Gasteiger partial charge is 0.395 e. The molecule has 0 spiro atoms. The predicted molar refractivity (Wildman–Crippen MR) is 57.0 cm³/mol. The number of hydrogen-bond acceptors (Lipinski definition) is 4. The molecule has 0 aliphatic rings. The Kier molecular flexibility index (Phi) is 4.75. The molecule has 15 heavy (non-hydrogen) atoms. The van der Waals surface area contributed by atoms with Gasteiger partial charge in [-0.15, -0.1) is 0 Å². The summed E-state index contributed by atoms with van der Waals surface area (Å²) >= 11 is 0. The first-order chi connectivity index (χ1) is 7.30. The van der Waals surface area contributed by atoms with E-state index in [9.17, 15) is 0 Å². The lowest BCUT2D eigenvalue weighted by Crippen LogP contribution is -2.26. The Balaban J connectivity index is 2.66. The van der Waals surface area contributed by atoms with Crippen molar-refractivity contribution < 1.29 is 5.11 Å². The van der Waals surface area contributed by atoms with Crippen LogP contribution in [-0.4, -0.2) is 34.7 Å². The van der Waals surface area contributed by atoms with Crippen LogP contribution >= 0.6 is 0 Å². The highest BCUT2D eigenvalue weighted by molar-refractivity contribution is 5.28. The lowest BCUT2D eigenvalue weighted by atomic mass is 10.2. The van der Waals surface area contributed by atoms with Crippen molar-refractivity contribution in [2.45, 2.75) is 13.5 Å². The molecule has 1 aromatic heterocycles. The molecule has 0 unspecified atom stereocenters. The molecule has 0 aromatic carbocycles. The van der Waals surface area contributed by atoms with Gasteiger partial charge in [0.05, 0.1) is 12.2 Å². The fourth-order valence-electron chi connectivity index (χ4n) is 1.38. The van der Waals surface area contributed by atoms with Gasteiger partial charge in [0.25, 0.3) is 0 Å². The van der Waals surface area contributed by atoms with E-state index in [4.69, 9.17) is 10.4 Å². The van der Waals surface area contributed by atoms with Crippen molar-refractivity contribution in [1.82, 2.24) is 9.88 Å². The number of hydrogen-bond donors (Lipinski definition) is 1. The van der Waals surface area contributed by atoms with E-state index in [1.807, 2.05) is 13.0 Å². The van der Waals surface area contributed by atoms with Crippen LogP contribution < -0.4 is 0 Å². The fourth-order valence-corrected chi connectivity index (χ4v) is 1.38. The van der Waals surface area contributed by atoms with Crippen molar-refractivity contribution in [3.05, 3.63) is 29.6 Å². The van der Waals surface area contributed by atoms with Gasteiger partial charge in [-0.1, -0.05) is 6.92 Å². The predicted octanol–water partition coefficient (Wildman–Crippen LogP) is 0.767. The van der Waals surface area contributed by atoms with Crippen LogP contribution in [0.4, 0.5) is 0 Å². The molecule has 0 fully saturated rings. The third-order valence-corrected chi connectivity index (χ3v) is 2.19. The van der Waals surface area contributed by atoms with Crippen LogP contribution in [0.15, 0.2) is 18.5 Å². The summed E-state index contributed by atoms with van der Waals surface area (Å²) in [5, 5.41) is 17.6. The van der Waals surface area contributed by atoms with Crippen LogP contribution in [-0.2, 0) is 6.54 Å². The lowest BCUT2D eigenvalue weighted by Gasteiger charge is -2.18. The summed E-state index contributed by atoms with van der Waals surface area (Å²) < 4.78 is 0. The van der Waals surface area contributed by atoms with E-state index in [0.717, 1.165) is 18.7 Å². The van der Waals surface area contributed by atoms with Crippen LogP contribution in [0.5, 0.6) is 0 Å². The molecule has 1 N–H and O–H groups in total. The van der Waals surface area contributed by atoms with Gasteiger partial charge in [0.2, 0.25) is 0 Å². The molecule has 80 valence electrons. The molecule has 0 atom stereocenters. The molecule has 0 bridgehead atoms. The molecule has 0 aliphatic carbocycles. The van der Waals surface area contributed by atoms with Crippen molar-refractivity contribution in [3.63, 3.8) is 0 Å². The Bertz CT molecular complexity index is 346. The third kappa shape index (κ3) is 3.66. The first kappa shape index (κ1) is 11.6.